The average molecular weight is 602 g/mol. The highest BCUT2D eigenvalue weighted by atomic mass is 35.5. The molecule has 1 aliphatic carbocycles. The van der Waals surface area contributed by atoms with Crippen molar-refractivity contribution in [2.75, 3.05) is 36.0 Å². The van der Waals surface area contributed by atoms with Crippen LogP contribution < -0.4 is 9.80 Å². The van der Waals surface area contributed by atoms with Gasteiger partial charge >= 0.3 is 0 Å². The van der Waals surface area contributed by atoms with Crippen molar-refractivity contribution in [1.82, 2.24) is 25.1 Å². The van der Waals surface area contributed by atoms with E-state index in [2.05, 4.69) is 33.5 Å². The van der Waals surface area contributed by atoms with Crippen molar-refractivity contribution >= 4 is 51.1 Å². The Kier molecular flexibility index (Phi) is 6.84. The van der Waals surface area contributed by atoms with E-state index in [0.717, 1.165) is 29.6 Å². The minimum absolute atomic E-state index is 0.0597. The van der Waals surface area contributed by atoms with Gasteiger partial charge in [0.15, 0.2) is 5.82 Å². The molecule has 1 N–H and O–H groups in total. The number of hydrogen-bond donors (Lipinski definition) is 1. The summed E-state index contributed by atoms with van der Waals surface area (Å²) in [5, 5.41) is 8.86. The standard InChI is InChI=1S/C33H37ClFN7O/c1-5-26(43)41-15-21(4)42(16-20(41)3)31-22-13-24(34)28(27-19(2)9-10-25-23(27)14-36-39-25)29(35)30(22)37-32(38-31)40-17-33(18-40)11-7-6-8-12-33/h5,9-10,13-14,20-21H,1,6-8,11-12,15-18H2,2-4H3,(H,36,39)/t20-,21+/m1/s1. The number of carbonyl (C=O) groups excluding carboxylic acids is 1. The Morgan fingerprint density at radius 2 is 1.86 bits per heavy atom. The van der Waals surface area contributed by atoms with Gasteiger partial charge in [0.2, 0.25) is 11.9 Å². The normalized spacial score (nSPS) is 21.9. The molecule has 2 aromatic carbocycles. The zero-order valence-electron chi connectivity index (χ0n) is 25.0. The quantitative estimate of drug-likeness (QED) is 0.264. The van der Waals surface area contributed by atoms with Gasteiger partial charge in [0.25, 0.3) is 0 Å². The number of nitrogens with zero attached hydrogens (tertiary/aromatic N) is 6. The Morgan fingerprint density at radius 3 is 2.60 bits per heavy atom. The van der Waals surface area contributed by atoms with Crippen LogP contribution in [0.15, 0.2) is 37.1 Å². The van der Waals surface area contributed by atoms with E-state index in [9.17, 15) is 4.79 Å². The first-order valence-electron chi connectivity index (χ1n) is 15.3. The van der Waals surface area contributed by atoms with Crippen LogP contribution in [0.1, 0.15) is 51.5 Å². The molecule has 43 heavy (non-hydrogen) atoms. The number of amides is 1. The Morgan fingerprint density at radius 1 is 1.09 bits per heavy atom. The molecule has 1 saturated carbocycles. The first-order valence-corrected chi connectivity index (χ1v) is 15.6. The molecule has 7 rings (SSSR count). The molecule has 8 nitrogen and oxygen atoms in total. The van der Waals surface area contributed by atoms with Crippen molar-refractivity contribution in [2.45, 2.75) is 65.0 Å². The monoisotopic (exact) mass is 601 g/mol. The van der Waals surface area contributed by atoms with Gasteiger partial charge in [-0.1, -0.05) is 43.5 Å². The Hall–Kier alpha value is -3.72. The molecule has 0 unspecified atom stereocenters. The van der Waals surface area contributed by atoms with Crippen molar-refractivity contribution in [3.8, 4) is 11.1 Å². The molecule has 10 heteroatoms. The maximum Gasteiger partial charge on any atom is 0.246 e. The van der Waals surface area contributed by atoms with Crippen molar-refractivity contribution in [3.05, 3.63) is 53.5 Å². The fourth-order valence-electron chi connectivity index (χ4n) is 7.59. The maximum absolute atomic E-state index is 17.0. The zero-order chi connectivity index (χ0) is 30.0. The molecule has 0 bridgehead atoms. The molecule has 2 aliphatic heterocycles. The topological polar surface area (TPSA) is 81.3 Å². The van der Waals surface area contributed by atoms with Gasteiger partial charge in [-0.25, -0.2) is 9.37 Å². The number of fused-ring (bicyclic) bond motifs is 2. The van der Waals surface area contributed by atoms with E-state index in [4.69, 9.17) is 21.6 Å². The number of rotatable bonds is 4. The van der Waals surface area contributed by atoms with Crippen LogP contribution in [0.3, 0.4) is 0 Å². The van der Waals surface area contributed by atoms with Crippen molar-refractivity contribution in [2.24, 2.45) is 5.41 Å². The highest BCUT2D eigenvalue weighted by Gasteiger charge is 2.45. The second-order valence-corrected chi connectivity index (χ2v) is 13.2. The molecule has 4 aromatic rings. The number of piperazine rings is 1. The number of aryl methyl sites for hydroxylation is 1. The number of aromatic nitrogens is 4. The van der Waals surface area contributed by atoms with Crippen LogP contribution in [0.25, 0.3) is 32.9 Å². The summed E-state index contributed by atoms with van der Waals surface area (Å²) in [4.78, 5) is 28.8. The van der Waals surface area contributed by atoms with Gasteiger partial charge in [0, 0.05) is 65.6 Å². The lowest BCUT2D eigenvalue weighted by atomic mass is 9.69. The van der Waals surface area contributed by atoms with Crippen molar-refractivity contribution in [1.29, 1.82) is 0 Å². The highest BCUT2D eigenvalue weighted by Crippen LogP contribution is 2.47. The predicted molar refractivity (Wildman–Crippen MR) is 170 cm³/mol. The third-order valence-electron chi connectivity index (χ3n) is 9.90. The van der Waals surface area contributed by atoms with E-state index < -0.39 is 5.82 Å². The molecule has 2 aromatic heterocycles. The highest BCUT2D eigenvalue weighted by molar-refractivity contribution is 6.35. The number of H-pyrrole nitrogens is 1. The zero-order valence-corrected chi connectivity index (χ0v) is 25.7. The molecule has 3 fully saturated rings. The number of nitrogens with one attached hydrogen (secondary N) is 1. The number of benzene rings is 2. The van der Waals surface area contributed by atoms with E-state index in [-0.39, 0.29) is 23.5 Å². The summed E-state index contributed by atoms with van der Waals surface area (Å²) in [6.45, 7) is 12.6. The number of carbonyl (C=O) groups is 1. The summed E-state index contributed by atoms with van der Waals surface area (Å²) < 4.78 is 17.0. The van der Waals surface area contributed by atoms with Crippen LogP contribution >= 0.6 is 11.6 Å². The van der Waals surface area contributed by atoms with Gasteiger partial charge in [-0.15, -0.1) is 0 Å². The summed E-state index contributed by atoms with van der Waals surface area (Å²) in [6.07, 6.45) is 9.34. The number of aromatic amines is 1. The van der Waals surface area contributed by atoms with E-state index in [0.29, 0.717) is 51.8 Å². The van der Waals surface area contributed by atoms with Crippen LogP contribution in [-0.2, 0) is 4.79 Å². The van der Waals surface area contributed by atoms with Crippen LogP contribution in [0.5, 0.6) is 0 Å². The molecule has 0 radical (unpaired) electrons. The lowest BCUT2D eigenvalue weighted by Crippen LogP contribution is -2.59. The lowest BCUT2D eigenvalue weighted by molar-refractivity contribution is -0.128. The minimum atomic E-state index is -0.460. The summed E-state index contributed by atoms with van der Waals surface area (Å²) in [6, 6.07) is 5.56. The first-order chi connectivity index (χ1) is 20.7. The van der Waals surface area contributed by atoms with Crippen LogP contribution in [0.2, 0.25) is 5.02 Å². The van der Waals surface area contributed by atoms with Crippen molar-refractivity contribution in [3.63, 3.8) is 0 Å². The summed E-state index contributed by atoms with van der Waals surface area (Å²) in [7, 11) is 0. The molecular formula is C33H37ClFN7O. The fourth-order valence-corrected chi connectivity index (χ4v) is 7.87. The molecule has 3 aliphatic rings. The summed E-state index contributed by atoms with van der Waals surface area (Å²) >= 11 is 6.96. The van der Waals surface area contributed by atoms with E-state index in [1.807, 2.05) is 36.9 Å². The number of halogens is 2. The van der Waals surface area contributed by atoms with Gasteiger partial charge < -0.3 is 14.7 Å². The maximum atomic E-state index is 17.0. The largest absolute Gasteiger partial charge is 0.349 e. The predicted octanol–water partition coefficient (Wildman–Crippen LogP) is 6.66. The Bertz CT molecular complexity index is 1760. The smallest absolute Gasteiger partial charge is 0.246 e. The first kappa shape index (κ1) is 28.1. The molecular weight excluding hydrogens is 565 g/mol. The van der Waals surface area contributed by atoms with Crippen molar-refractivity contribution < 1.29 is 9.18 Å². The molecule has 2 saturated heterocycles. The van der Waals surface area contributed by atoms with Gasteiger partial charge in [0.1, 0.15) is 11.3 Å². The van der Waals surface area contributed by atoms with Gasteiger partial charge in [-0.2, -0.15) is 10.1 Å². The second-order valence-electron chi connectivity index (χ2n) is 12.8. The Balaban J connectivity index is 1.39. The molecule has 4 heterocycles. The molecule has 224 valence electrons. The van der Waals surface area contributed by atoms with E-state index in [1.54, 1.807) is 6.20 Å². The van der Waals surface area contributed by atoms with E-state index in [1.165, 1.54) is 38.2 Å². The fraction of sp³-hybridized carbons (Fsp3) is 0.455. The van der Waals surface area contributed by atoms with Gasteiger partial charge in [-0.05, 0) is 57.4 Å². The van der Waals surface area contributed by atoms with Crippen LogP contribution in [0, 0.1) is 18.2 Å². The van der Waals surface area contributed by atoms with Crippen LogP contribution in [0.4, 0.5) is 16.2 Å². The summed E-state index contributed by atoms with van der Waals surface area (Å²) in [5.74, 6) is 0.653. The van der Waals surface area contributed by atoms with Crippen LogP contribution in [-0.4, -0.2) is 69.2 Å². The average Bonchev–Trinajstić information content (AvgIpc) is 3.47. The third-order valence-corrected chi connectivity index (χ3v) is 10.2. The van der Waals surface area contributed by atoms with Gasteiger partial charge in [0.05, 0.1) is 16.7 Å². The molecule has 1 spiro atoms. The second kappa shape index (κ2) is 10.5. The van der Waals surface area contributed by atoms with E-state index >= 15 is 4.39 Å². The third kappa shape index (κ3) is 4.55. The molecule has 2 atom stereocenters. The minimum Gasteiger partial charge on any atom is -0.349 e. The number of hydrogen-bond acceptors (Lipinski definition) is 6. The molecule has 1 amide bonds. The SMILES string of the molecule is C=CC(=O)N1C[C@H](C)N(c2nc(N3CC4(CCCCC4)C3)nc3c(F)c(-c4c(C)ccc5[nH]ncc45)c(Cl)cc23)C[C@H]1C. The summed E-state index contributed by atoms with van der Waals surface area (Å²) in [5.41, 5.74) is 3.32. The Labute approximate surface area is 255 Å². The van der Waals surface area contributed by atoms with Gasteiger partial charge in [-0.3, -0.25) is 9.89 Å². The number of anilines is 2. The lowest BCUT2D eigenvalue weighted by Gasteiger charge is -2.52.